The van der Waals surface area contributed by atoms with E-state index in [2.05, 4.69) is 10.5 Å². The molecule has 1 N–H and O–H groups in total. The van der Waals surface area contributed by atoms with Gasteiger partial charge in [-0.2, -0.15) is 0 Å². The van der Waals surface area contributed by atoms with E-state index >= 15 is 0 Å². The molecule has 7 heteroatoms. The second-order valence-corrected chi connectivity index (χ2v) is 7.40. The lowest BCUT2D eigenvalue weighted by molar-refractivity contribution is -0.134. The smallest absolute Gasteiger partial charge is 0.273 e. The van der Waals surface area contributed by atoms with Gasteiger partial charge in [-0.3, -0.25) is 9.59 Å². The number of carbonyl (C=O) groups excluding carboxylic acids is 2. The molecule has 0 spiro atoms. The molecule has 0 unspecified atom stereocenters. The van der Waals surface area contributed by atoms with Gasteiger partial charge in [-0.05, 0) is 43.4 Å². The minimum absolute atomic E-state index is 0.180. The molecule has 6 nitrogen and oxygen atoms in total. The van der Waals surface area contributed by atoms with Crippen molar-refractivity contribution in [1.82, 2.24) is 15.4 Å². The van der Waals surface area contributed by atoms with Gasteiger partial charge < -0.3 is 14.7 Å². The van der Waals surface area contributed by atoms with Crippen LogP contribution >= 0.6 is 11.6 Å². The molecule has 26 heavy (non-hydrogen) atoms. The van der Waals surface area contributed by atoms with Crippen LogP contribution in [-0.2, 0) is 17.9 Å². The van der Waals surface area contributed by atoms with Gasteiger partial charge in [0.05, 0.1) is 6.54 Å². The van der Waals surface area contributed by atoms with Crippen LogP contribution in [0, 0.1) is 5.92 Å². The molecule has 2 aliphatic rings. The number of rotatable bonds is 7. The van der Waals surface area contributed by atoms with Crippen LogP contribution in [0.5, 0.6) is 0 Å². The summed E-state index contributed by atoms with van der Waals surface area (Å²) in [4.78, 5) is 26.5. The molecule has 2 saturated carbocycles. The maximum Gasteiger partial charge on any atom is 0.273 e. The van der Waals surface area contributed by atoms with Crippen molar-refractivity contribution in [3.8, 4) is 0 Å². The molecule has 1 heterocycles. The van der Waals surface area contributed by atoms with Crippen LogP contribution in [0.4, 0.5) is 0 Å². The molecule has 2 amide bonds. The molecule has 0 aliphatic heterocycles. The number of amides is 2. The average molecular weight is 374 g/mol. The first kappa shape index (κ1) is 17.1. The Morgan fingerprint density at radius 1 is 1.23 bits per heavy atom. The van der Waals surface area contributed by atoms with E-state index in [0.29, 0.717) is 29.9 Å². The van der Waals surface area contributed by atoms with E-state index in [1.54, 1.807) is 18.2 Å². The summed E-state index contributed by atoms with van der Waals surface area (Å²) in [7, 11) is 0. The van der Waals surface area contributed by atoms with Crippen LogP contribution in [0.25, 0.3) is 0 Å². The van der Waals surface area contributed by atoms with Gasteiger partial charge in [0.25, 0.3) is 5.91 Å². The highest BCUT2D eigenvalue weighted by Crippen LogP contribution is 2.36. The van der Waals surface area contributed by atoms with E-state index in [1.165, 1.54) is 0 Å². The molecule has 1 aromatic carbocycles. The van der Waals surface area contributed by atoms with Crippen molar-refractivity contribution in [2.45, 2.75) is 44.8 Å². The first-order chi connectivity index (χ1) is 12.6. The van der Waals surface area contributed by atoms with E-state index in [-0.39, 0.29) is 23.4 Å². The van der Waals surface area contributed by atoms with Crippen molar-refractivity contribution >= 4 is 23.4 Å². The van der Waals surface area contributed by atoms with Gasteiger partial charge in [-0.1, -0.05) is 28.9 Å². The lowest BCUT2D eigenvalue weighted by Crippen LogP contribution is -2.33. The zero-order chi connectivity index (χ0) is 18.1. The fourth-order valence-electron chi connectivity index (χ4n) is 2.92. The summed E-state index contributed by atoms with van der Waals surface area (Å²) < 4.78 is 5.29. The zero-order valence-electron chi connectivity index (χ0n) is 14.3. The largest absolute Gasteiger partial charge is 0.359 e. The summed E-state index contributed by atoms with van der Waals surface area (Å²) in [6, 6.07) is 9.23. The highest BCUT2D eigenvalue weighted by atomic mass is 35.5. The predicted molar refractivity (Wildman–Crippen MR) is 95.4 cm³/mol. The van der Waals surface area contributed by atoms with E-state index < -0.39 is 0 Å². The number of halogens is 1. The number of aromatic nitrogens is 1. The summed E-state index contributed by atoms with van der Waals surface area (Å²) in [5.74, 6) is 0.611. The Balaban J connectivity index is 1.35. The van der Waals surface area contributed by atoms with Crippen molar-refractivity contribution < 1.29 is 14.1 Å². The van der Waals surface area contributed by atoms with Crippen molar-refractivity contribution in [2.75, 3.05) is 0 Å². The number of benzene rings is 1. The molecule has 2 fully saturated rings. The summed E-state index contributed by atoms with van der Waals surface area (Å²) in [6.45, 7) is 0.741. The third-order valence-corrected chi connectivity index (χ3v) is 4.89. The predicted octanol–water partition coefficient (Wildman–Crippen LogP) is 3.16. The molecule has 0 radical (unpaired) electrons. The van der Waals surface area contributed by atoms with Crippen LogP contribution in [0.3, 0.4) is 0 Å². The highest BCUT2D eigenvalue weighted by molar-refractivity contribution is 6.30. The Kier molecular flexibility index (Phi) is 4.68. The van der Waals surface area contributed by atoms with Gasteiger partial charge in [0, 0.05) is 29.6 Å². The number of nitrogens with one attached hydrogen (secondary N) is 1. The Labute approximate surface area is 156 Å². The molecule has 2 aromatic rings. The third-order valence-electron chi connectivity index (χ3n) is 4.66. The molecule has 0 atom stereocenters. The van der Waals surface area contributed by atoms with Gasteiger partial charge in [0.15, 0.2) is 11.5 Å². The number of hydrogen-bond acceptors (Lipinski definition) is 4. The fraction of sp³-hybridized carbons (Fsp3) is 0.421. The van der Waals surface area contributed by atoms with Crippen molar-refractivity contribution in [3.05, 3.63) is 52.4 Å². The first-order valence-electron chi connectivity index (χ1n) is 8.89. The van der Waals surface area contributed by atoms with Crippen LogP contribution < -0.4 is 5.32 Å². The Morgan fingerprint density at radius 3 is 2.73 bits per heavy atom. The van der Waals surface area contributed by atoms with Crippen molar-refractivity contribution in [1.29, 1.82) is 0 Å². The second kappa shape index (κ2) is 7.11. The molecule has 4 rings (SSSR count). The summed E-state index contributed by atoms with van der Waals surface area (Å²) in [6.07, 6.45) is 4.05. The van der Waals surface area contributed by atoms with Gasteiger partial charge in [0.1, 0.15) is 0 Å². The zero-order valence-corrected chi connectivity index (χ0v) is 15.0. The number of nitrogens with zero attached hydrogens (tertiary/aromatic N) is 2. The monoisotopic (exact) mass is 373 g/mol. The van der Waals surface area contributed by atoms with Crippen LogP contribution in [0.2, 0.25) is 5.02 Å². The summed E-state index contributed by atoms with van der Waals surface area (Å²) in [5.41, 5.74) is 1.13. The SMILES string of the molecule is O=C(NCc1cccc(Cl)c1)c1cc(CN(C(=O)C2CC2)C2CC2)on1. The fourth-order valence-corrected chi connectivity index (χ4v) is 3.13. The lowest BCUT2D eigenvalue weighted by Gasteiger charge is -2.20. The van der Waals surface area contributed by atoms with E-state index in [0.717, 1.165) is 31.2 Å². The minimum atomic E-state index is -0.313. The molecule has 136 valence electrons. The van der Waals surface area contributed by atoms with E-state index in [1.807, 2.05) is 17.0 Å². The standard InChI is InChI=1S/C19H20ClN3O3/c20-14-3-1-2-12(8-14)10-21-18(24)17-9-16(26-22-17)11-23(15-6-7-15)19(25)13-4-5-13/h1-3,8-9,13,15H,4-7,10-11H2,(H,21,24). The molecule has 2 aliphatic carbocycles. The van der Waals surface area contributed by atoms with Gasteiger partial charge in [0.2, 0.25) is 5.91 Å². The van der Waals surface area contributed by atoms with Gasteiger partial charge in [-0.15, -0.1) is 0 Å². The summed E-state index contributed by atoms with van der Waals surface area (Å²) >= 11 is 5.94. The Bertz CT molecular complexity index is 827. The topological polar surface area (TPSA) is 75.4 Å². The minimum Gasteiger partial charge on any atom is -0.359 e. The second-order valence-electron chi connectivity index (χ2n) is 6.96. The maximum atomic E-state index is 12.4. The van der Waals surface area contributed by atoms with Crippen LogP contribution in [0.1, 0.15) is 47.5 Å². The molecule has 0 saturated heterocycles. The van der Waals surface area contributed by atoms with Gasteiger partial charge in [-0.25, -0.2) is 0 Å². The van der Waals surface area contributed by atoms with Crippen molar-refractivity contribution in [2.24, 2.45) is 5.92 Å². The van der Waals surface area contributed by atoms with E-state index in [4.69, 9.17) is 16.1 Å². The molecule has 1 aromatic heterocycles. The Morgan fingerprint density at radius 2 is 2.04 bits per heavy atom. The number of carbonyl (C=O) groups is 2. The molecular weight excluding hydrogens is 354 g/mol. The first-order valence-corrected chi connectivity index (χ1v) is 9.26. The maximum absolute atomic E-state index is 12.4. The molecular formula is C19H20ClN3O3. The quantitative estimate of drug-likeness (QED) is 0.808. The summed E-state index contributed by atoms with van der Waals surface area (Å²) in [5, 5.41) is 7.27. The van der Waals surface area contributed by atoms with E-state index in [9.17, 15) is 9.59 Å². The third kappa shape index (κ3) is 4.07. The van der Waals surface area contributed by atoms with Crippen molar-refractivity contribution in [3.63, 3.8) is 0 Å². The molecule has 0 bridgehead atoms. The highest BCUT2D eigenvalue weighted by Gasteiger charge is 2.40. The van der Waals surface area contributed by atoms with Gasteiger partial charge >= 0.3 is 0 Å². The Hall–Kier alpha value is -2.34. The lowest BCUT2D eigenvalue weighted by atomic mass is 10.2. The number of hydrogen-bond donors (Lipinski definition) is 1. The normalized spacial score (nSPS) is 16.3. The van der Waals surface area contributed by atoms with Crippen LogP contribution in [-0.4, -0.2) is 27.9 Å². The van der Waals surface area contributed by atoms with Crippen LogP contribution in [0.15, 0.2) is 34.9 Å². The average Bonchev–Trinajstić information content (AvgIpc) is 3.55.